The molecular formula is C27H31NO4. The third-order valence-electron chi connectivity index (χ3n) is 11.6. The molecule has 0 radical (unpaired) electrons. The van der Waals surface area contributed by atoms with E-state index in [4.69, 9.17) is 4.74 Å². The number of fused-ring (bicyclic) bond motifs is 1. The van der Waals surface area contributed by atoms with Crippen molar-refractivity contribution in [3.63, 3.8) is 0 Å². The molecule has 0 amide bonds. The van der Waals surface area contributed by atoms with Gasteiger partial charge >= 0.3 is 5.97 Å². The van der Waals surface area contributed by atoms with Gasteiger partial charge < -0.3 is 14.9 Å². The van der Waals surface area contributed by atoms with Gasteiger partial charge in [-0.25, -0.2) is 4.79 Å². The highest BCUT2D eigenvalue weighted by atomic mass is 16.6. The third kappa shape index (κ3) is 1.64. The lowest BCUT2D eigenvalue weighted by Gasteiger charge is -2.65. The van der Waals surface area contributed by atoms with Crippen molar-refractivity contribution in [1.29, 1.82) is 0 Å². The number of carbonyl (C=O) groups excluding carboxylic acids is 1. The highest BCUT2D eigenvalue weighted by molar-refractivity contribution is 5.89. The predicted octanol–water partition coefficient (Wildman–Crippen LogP) is 2.63. The zero-order valence-electron chi connectivity index (χ0n) is 18.5. The molecule has 3 saturated heterocycles. The predicted molar refractivity (Wildman–Crippen MR) is 116 cm³/mol. The summed E-state index contributed by atoms with van der Waals surface area (Å²) in [5, 5.41) is 23.6. The summed E-state index contributed by atoms with van der Waals surface area (Å²) in [6.45, 7) is 7.71. The Morgan fingerprint density at radius 3 is 2.75 bits per heavy atom. The number of hydrogen-bond donors (Lipinski definition) is 2. The average molecular weight is 434 g/mol. The normalized spacial score (nSPS) is 59.7. The smallest absolute Gasteiger partial charge is 0.338 e. The Hall–Kier alpha value is -1.69. The fourth-order valence-corrected chi connectivity index (χ4v) is 11.3. The van der Waals surface area contributed by atoms with E-state index in [0.29, 0.717) is 41.3 Å². The molecule has 13 unspecified atom stereocenters. The fraction of sp³-hybridized carbons (Fsp3) is 0.667. The Morgan fingerprint density at radius 2 is 1.97 bits per heavy atom. The van der Waals surface area contributed by atoms with Crippen LogP contribution in [0.3, 0.4) is 0 Å². The highest BCUT2D eigenvalue weighted by Gasteiger charge is 2.90. The standard InChI is InChI=1S/C27H31NO4/c1-13-15-8-16-21-27-19(9-15)26(16,22(13)29)10-17-20(27)25(2,12-28(17)21)11-18(23(27)30)32-24(31)14-6-4-3-5-7-14/h3-7,15-23,29-30H,1,8-12H2,2H3. The van der Waals surface area contributed by atoms with Crippen LogP contribution in [0.15, 0.2) is 42.5 Å². The van der Waals surface area contributed by atoms with E-state index in [1.54, 1.807) is 12.1 Å². The van der Waals surface area contributed by atoms with Crippen molar-refractivity contribution in [1.82, 2.24) is 4.90 Å². The third-order valence-corrected chi connectivity index (χ3v) is 11.6. The van der Waals surface area contributed by atoms with Crippen molar-refractivity contribution in [2.75, 3.05) is 6.54 Å². The Morgan fingerprint density at radius 1 is 1.19 bits per heavy atom. The maximum absolute atomic E-state index is 13.0. The number of ether oxygens (including phenoxy) is 1. The number of carbonyl (C=O) groups is 1. The van der Waals surface area contributed by atoms with Gasteiger partial charge in [0.25, 0.3) is 0 Å². The Labute approximate surface area is 188 Å². The van der Waals surface area contributed by atoms with Gasteiger partial charge in [-0.3, -0.25) is 4.90 Å². The molecule has 168 valence electrons. The number of hydrogen-bond acceptors (Lipinski definition) is 5. The molecule has 32 heavy (non-hydrogen) atoms. The van der Waals surface area contributed by atoms with Crippen LogP contribution in [0.25, 0.3) is 0 Å². The van der Waals surface area contributed by atoms with Crippen LogP contribution >= 0.6 is 0 Å². The van der Waals surface area contributed by atoms with E-state index < -0.39 is 18.3 Å². The summed E-state index contributed by atoms with van der Waals surface area (Å²) in [5.74, 6) is 1.18. The molecule has 2 spiro atoms. The largest absolute Gasteiger partial charge is 0.456 e. The van der Waals surface area contributed by atoms with Gasteiger partial charge in [-0.05, 0) is 72.5 Å². The SMILES string of the molecule is C=C1C2CC3C4N5CC6(C)CC(OC(=O)c7ccccc7)C(O)C47C6C5CC3(C1O)C7C2. The van der Waals surface area contributed by atoms with E-state index in [1.165, 1.54) is 0 Å². The molecule has 1 aromatic rings. The van der Waals surface area contributed by atoms with Crippen molar-refractivity contribution < 1.29 is 19.7 Å². The zero-order valence-corrected chi connectivity index (χ0v) is 18.5. The van der Waals surface area contributed by atoms with Crippen LogP contribution in [0.1, 0.15) is 43.0 Å². The van der Waals surface area contributed by atoms with Gasteiger partial charge in [0.2, 0.25) is 0 Å². The molecule has 3 aliphatic heterocycles. The first kappa shape index (κ1) is 18.7. The molecule has 13 atom stereocenters. The lowest BCUT2D eigenvalue weighted by Crippen LogP contribution is -2.69. The Kier molecular flexibility index (Phi) is 3.12. The minimum atomic E-state index is -0.668. The van der Waals surface area contributed by atoms with Crippen LogP contribution in [-0.4, -0.2) is 58.0 Å². The lowest BCUT2D eigenvalue weighted by atomic mass is 9.39. The van der Waals surface area contributed by atoms with Gasteiger partial charge in [0.1, 0.15) is 6.10 Å². The van der Waals surface area contributed by atoms with Gasteiger partial charge in [0.05, 0.1) is 17.8 Å². The molecule has 1 aromatic carbocycles. The molecule has 10 rings (SSSR count). The summed E-state index contributed by atoms with van der Waals surface area (Å²) in [4.78, 5) is 15.7. The molecule has 2 N–H and O–H groups in total. The minimum Gasteiger partial charge on any atom is -0.456 e. The zero-order chi connectivity index (χ0) is 21.8. The molecule has 9 bridgehead atoms. The van der Waals surface area contributed by atoms with Crippen LogP contribution in [0, 0.1) is 39.9 Å². The second kappa shape index (κ2) is 5.34. The van der Waals surface area contributed by atoms with Gasteiger partial charge in [-0.2, -0.15) is 0 Å². The van der Waals surface area contributed by atoms with Crippen LogP contribution in [0.5, 0.6) is 0 Å². The first-order valence-electron chi connectivity index (χ1n) is 12.4. The summed E-state index contributed by atoms with van der Waals surface area (Å²) in [5.41, 5.74) is 1.23. The Bertz CT molecular complexity index is 1070. The van der Waals surface area contributed by atoms with Crippen LogP contribution < -0.4 is 0 Å². The molecule has 5 nitrogen and oxygen atoms in total. The summed E-state index contributed by atoms with van der Waals surface area (Å²) in [6, 6.07) is 9.89. The van der Waals surface area contributed by atoms with E-state index in [1.807, 2.05) is 18.2 Å². The fourth-order valence-electron chi connectivity index (χ4n) is 11.3. The van der Waals surface area contributed by atoms with E-state index in [9.17, 15) is 15.0 Å². The molecule has 9 fully saturated rings. The van der Waals surface area contributed by atoms with Crippen LogP contribution in [0.2, 0.25) is 0 Å². The van der Waals surface area contributed by atoms with E-state index in [0.717, 1.165) is 37.8 Å². The molecule has 6 saturated carbocycles. The number of esters is 1. The van der Waals surface area contributed by atoms with Crippen molar-refractivity contribution in [3.8, 4) is 0 Å². The summed E-state index contributed by atoms with van der Waals surface area (Å²) in [7, 11) is 0. The molecule has 0 aromatic heterocycles. The molecule has 6 aliphatic carbocycles. The van der Waals surface area contributed by atoms with E-state index >= 15 is 0 Å². The average Bonchev–Trinajstić information content (AvgIpc) is 3.20. The van der Waals surface area contributed by atoms with Crippen molar-refractivity contribution in [3.05, 3.63) is 48.0 Å². The van der Waals surface area contributed by atoms with Gasteiger partial charge in [0.15, 0.2) is 0 Å². The highest BCUT2D eigenvalue weighted by Crippen LogP contribution is 2.87. The second-order valence-corrected chi connectivity index (χ2v) is 12.4. The topological polar surface area (TPSA) is 70.0 Å². The molecule has 3 heterocycles. The maximum atomic E-state index is 13.0. The maximum Gasteiger partial charge on any atom is 0.338 e. The molecule has 5 heteroatoms. The second-order valence-electron chi connectivity index (χ2n) is 12.4. The minimum absolute atomic E-state index is 0.0440. The monoisotopic (exact) mass is 433 g/mol. The quantitative estimate of drug-likeness (QED) is 0.554. The lowest BCUT2D eigenvalue weighted by molar-refractivity contribution is -0.223. The van der Waals surface area contributed by atoms with Crippen molar-refractivity contribution >= 4 is 5.97 Å². The first-order valence-corrected chi connectivity index (χ1v) is 12.4. The van der Waals surface area contributed by atoms with Crippen LogP contribution in [0.4, 0.5) is 0 Å². The van der Waals surface area contributed by atoms with Crippen molar-refractivity contribution in [2.24, 2.45) is 39.9 Å². The summed E-state index contributed by atoms with van der Waals surface area (Å²) < 4.78 is 6.10. The van der Waals surface area contributed by atoms with Gasteiger partial charge in [0, 0.05) is 29.5 Å². The number of piperidine rings is 2. The van der Waals surface area contributed by atoms with Crippen LogP contribution in [-0.2, 0) is 4.74 Å². The molecule has 9 aliphatic rings. The number of aliphatic hydroxyl groups is 2. The van der Waals surface area contributed by atoms with Gasteiger partial charge in [-0.1, -0.05) is 31.7 Å². The number of benzene rings is 1. The Balaban J connectivity index is 1.25. The number of aliphatic hydroxyl groups excluding tert-OH is 2. The number of rotatable bonds is 2. The van der Waals surface area contributed by atoms with E-state index in [2.05, 4.69) is 18.4 Å². The number of nitrogens with zero attached hydrogens (tertiary/aromatic N) is 1. The van der Waals surface area contributed by atoms with Crippen molar-refractivity contribution in [2.45, 2.75) is 63.0 Å². The first-order chi connectivity index (χ1) is 15.3. The molecular weight excluding hydrogens is 402 g/mol. The van der Waals surface area contributed by atoms with Gasteiger partial charge in [-0.15, -0.1) is 0 Å². The summed E-state index contributed by atoms with van der Waals surface area (Å²) in [6.07, 6.45) is 2.32. The van der Waals surface area contributed by atoms with E-state index in [-0.39, 0.29) is 22.2 Å². The summed E-state index contributed by atoms with van der Waals surface area (Å²) >= 11 is 0.